The van der Waals surface area contributed by atoms with E-state index in [1.807, 2.05) is 0 Å². The zero-order chi connectivity index (χ0) is 15.1. The number of hydrogen-bond donors (Lipinski definition) is 1. The largest absolute Gasteiger partial charge is 0.508 e. The predicted molar refractivity (Wildman–Crippen MR) is 82.2 cm³/mol. The standard InChI is InChI=1S/C16H10Cl2O3/c1-8-4-10(19)7-13-15(8)16(20)14(21-13)6-9-2-3-11(17)12(18)5-9/h2-7,19H,1H3/b14-6+. The number of hydrogen-bond acceptors (Lipinski definition) is 3. The molecule has 0 radical (unpaired) electrons. The number of phenolic OH excluding ortho intramolecular Hbond substituents is 1. The van der Waals surface area contributed by atoms with E-state index in [4.69, 9.17) is 27.9 Å². The molecule has 1 N–H and O–H groups in total. The molecule has 0 saturated heterocycles. The number of carbonyl (C=O) groups excluding carboxylic acids is 1. The summed E-state index contributed by atoms with van der Waals surface area (Å²) in [6.07, 6.45) is 1.60. The number of aromatic hydroxyl groups is 1. The summed E-state index contributed by atoms with van der Waals surface area (Å²) >= 11 is 11.8. The van der Waals surface area contributed by atoms with Gasteiger partial charge in [-0.25, -0.2) is 0 Å². The molecule has 2 aromatic rings. The van der Waals surface area contributed by atoms with Crippen molar-refractivity contribution in [3.05, 3.63) is 62.8 Å². The number of benzene rings is 2. The minimum atomic E-state index is -0.214. The molecule has 1 heterocycles. The number of halogens is 2. The highest BCUT2D eigenvalue weighted by atomic mass is 35.5. The maximum Gasteiger partial charge on any atom is 0.232 e. The number of ether oxygens (including phenoxy) is 1. The summed E-state index contributed by atoms with van der Waals surface area (Å²) in [7, 11) is 0. The van der Waals surface area contributed by atoms with Crippen molar-refractivity contribution in [2.45, 2.75) is 6.92 Å². The van der Waals surface area contributed by atoms with Crippen molar-refractivity contribution in [2.24, 2.45) is 0 Å². The molecule has 21 heavy (non-hydrogen) atoms. The van der Waals surface area contributed by atoms with E-state index < -0.39 is 0 Å². The molecule has 0 saturated carbocycles. The lowest BCUT2D eigenvalue weighted by atomic mass is 10.0. The van der Waals surface area contributed by atoms with E-state index in [-0.39, 0.29) is 17.3 Å². The van der Waals surface area contributed by atoms with Gasteiger partial charge in [0.2, 0.25) is 5.78 Å². The van der Waals surface area contributed by atoms with Gasteiger partial charge in [0.15, 0.2) is 5.76 Å². The van der Waals surface area contributed by atoms with Gasteiger partial charge >= 0.3 is 0 Å². The highest BCUT2D eigenvalue weighted by molar-refractivity contribution is 6.42. The van der Waals surface area contributed by atoms with Crippen molar-refractivity contribution in [3.63, 3.8) is 0 Å². The quantitative estimate of drug-likeness (QED) is 0.779. The van der Waals surface area contributed by atoms with Crippen LogP contribution in [0.25, 0.3) is 6.08 Å². The Bertz CT molecular complexity index is 794. The molecule has 1 aliphatic heterocycles. The molecule has 0 aliphatic carbocycles. The van der Waals surface area contributed by atoms with Crippen LogP contribution < -0.4 is 4.74 Å². The normalized spacial score (nSPS) is 15.2. The number of ketones is 1. The van der Waals surface area contributed by atoms with Crippen LogP contribution in [-0.2, 0) is 0 Å². The summed E-state index contributed by atoms with van der Waals surface area (Å²) in [5, 5.41) is 10.4. The highest BCUT2D eigenvalue weighted by Crippen LogP contribution is 2.37. The third-order valence-electron chi connectivity index (χ3n) is 3.20. The van der Waals surface area contributed by atoms with Gasteiger partial charge in [0.25, 0.3) is 0 Å². The molecule has 0 bridgehead atoms. The third kappa shape index (κ3) is 2.50. The van der Waals surface area contributed by atoms with Crippen molar-refractivity contribution in [1.82, 2.24) is 0 Å². The maximum absolute atomic E-state index is 12.4. The van der Waals surface area contributed by atoms with Crippen LogP contribution in [0.5, 0.6) is 11.5 Å². The van der Waals surface area contributed by atoms with Crippen LogP contribution in [0.2, 0.25) is 10.0 Å². The molecule has 2 aromatic carbocycles. The Morgan fingerprint density at radius 1 is 1.14 bits per heavy atom. The van der Waals surface area contributed by atoms with E-state index in [9.17, 15) is 9.90 Å². The summed E-state index contributed by atoms with van der Waals surface area (Å²) in [5.74, 6) is 0.407. The zero-order valence-corrected chi connectivity index (χ0v) is 12.5. The van der Waals surface area contributed by atoms with Crippen molar-refractivity contribution >= 4 is 35.1 Å². The molecule has 0 spiro atoms. The zero-order valence-electron chi connectivity index (χ0n) is 11.0. The van der Waals surface area contributed by atoms with Gasteiger partial charge in [-0.1, -0.05) is 29.3 Å². The first-order chi connectivity index (χ1) is 9.95. The highest BCUT2D eigenvalue weighted by Gasteiger charge is 2.29. The first-order valence-electron chi connectivity index (χ1n) is 6.18. The Labute approximate surface area is 131 Å². The lowest BCUT2D eigenvalue weighted by Crippen LogP contribution is -1.99. The monoisotopic (exact) mass is 320 g/mol. The maximum atomic E-state index is 12.4. The predicted octanol–water partition coefficient (Wildman–Crippen LogP) is 4.62. The first kappa shape index (κ1) is 14.0. The van der Waals surface area contributed by atoms with Crippen LogP contribution >= 0.6 is 23.2 Å². The average molecular weight is 321 g/mol. The summed E-state index contributed by atoms with van der Waals surface area (Å²) in [6, 6.07) is 8.00. The smallest absolute Gasteiger partial charge is 0.232 e. The Morgan fingerprint density at radius 2 is 1.90 bits per heavy atom. The Kier molecular flexibility index (Phi) is 3.40. The molecule has 106 valence electrons. The molecule has 3 nitrogen and oxygen atoms in total. The van der Waals surface area contributed by atoms with Crippen molar-refractivity contribution < 1.29 is 14.6 Å². The number of fused-ring (bicyclic) bond motifs is 1. The lowest BCUT2D eigenvalue weighted by Gasteiger charge is -2.01. The van der Waals surface area contributed by atoms with Gasteiger partial charge in [0.05, 0.1) is 15.6 Å². The number of allylic oxidation sites excluding steroid dienone is 1. The van der Waals surface area contributed by atoms with Crippen LogP contribution in [0.3, 0.4) is 0 Å². The van der Waals surface area contributed by atoms with Gasteiger partial charge in [-0.3, -0.25) is 4.79 Å². The number of rotatable bonds is 1. The first-order valence-corrected chi connectivity index (χ1v) is 6.94. The van der Waals surface area contributed by atoms with Crippen molar-refractivity contribution in [1.29, 1.82) is 0 Å². The third-order valence-corrected chi connectivity index (χ3v) is 3.94. The van der Waals surface area contributed by atoms with Gasteiger partial charge < -0.3 is 9.84 Å². The molecule has 5 heteroatoms. The Balaban J connectivity index is 2.03. The molecule has 0 aromatic heterocycles. The van der Waals surface area contributed by atoms with E-state index in [0.717, 1.165) is 0 Å². The van der Waals surface area contributed by atoms with Gasteiger partial charge in [-0.05, 0) is 42.3 Å². The fourth-order valence-corrected chi connectivity index (χ4v) is 2.55. The molecule has 0 unspecified atom stereocenters. The minimum Gasteiger partial charge on any atom is -0.508 e. The van der Waals surface area contributed by atoms with Crippen LogP contribution in [-0.4, -0.2) is 10.9 Å². The molecule has 3 rings (SSSR count). The fraction of sp³-hybridized carbons (Fsp3) is 0.0625. The minimum absolute atomic E-state index is 0.0647. The Hall–Kier alpha value is -1.97. The van der Waals surface area contributed by atoms with Crippen LogP contribution in [0.1, 0.15) is 21.5 Å². The number of Topliss-reactive ketones (excluding diaryl/α,β-unsaturated/α-hetero) is 1. The summed E-state index contributed by atoms with van der Waals surface area (Å²) in [4.78, 5) is 12.4. The molecule has 0 atom stereocenters. The fourth-order valence-electron chi connectivity index (χ4n) is 2.24. The van der Waals surface area contributed by atoms with E-state index in [0.29, 0.717) is 32.5 Å². The van der Waals surface area contributed by atoms with Gasteiger partial charge in [-0.2, -0.15) is 0 Å². The second-order valence-corrected chi connectivity index (χ2v) is 5.56. The second-order valence-electron chi connectivity index (χ2n) is 4.75. The number of carbonyl (C=O) groups is 1. The van der Waals surface area contributed by atoms with Crippen molar-refractivity contribution in [3.8, 4) is 11.5 Å². The van der Waals surface area contributed by atoms with Crippen LogP contribution in [0.15, 0.2) is 36.1 Å². The van der Waals surface area contributed by atoms with E-state index in [2.05, 4.69) is 0 Å². The van der Waals surface area contributed by atoms with E-state index in [1.54, 1.807) is 31.2 Å². The van der Waals surface area contributed by atoms with E-state index in [1.165, 1.54) is 12.1 Å². The van der Waals surface area contributed by atoms with Gasteiger partial charge in [0, 0.05) is 6.07 Å². The average Bonchev–Trinajstić information content (AvgIpc) is 2.70. The summed E-state index contributed by atoms with van der Waals surface area (Å²) in [5.41, 5.74) is 1.86. The summed E-state index contributed by atoms with van der Waals surface area (Å²) in [6.45, 7) is 1.75. The molecular weight excluding hydrogens is 311 g/mol. The van der Waals surface area contributed by atoms with Crippen LogP contribution in [0, 0.1) is 6.92 Å². The molecule has 0 amide bonds. The molecule has 0 fully saturated rings. The van der Waals surface area contributed by atoms with E-state index >= 15 is 0 Å². The topological polar surface area (TPSA) is 46.5 Å². The van der Waals surface area contributed by atoms with Crippen LogP contribution in [0.4, 0.5) is 0 Å². The number of aryl methyl sites for hydroxylation is 1. The Morgan fingerprint density at radius 3 is 2.62 bits per heavy atom. The summed E-state index contributed by atoms with van der Waals surface area (Å²) < 4.78 is 5.53. The lowest BCUT2D eigenvalue weighted by molar-refractivity contribution is 0.101. The molecular formula is C16H10Cl2O3. The SMILES string of the molecule is Cc1cc(O)cc2c1C(=O)/C(=C\c1ccc(Cl)c(Cl)c1)O2. The van der Waals surface area contributed by atoms with Gasteiger partial charge in [0.1, 0.15) is 11.5 Å². The van der Waals surface area contributed by atoms with Gasteiger partial charge in [-0.15, -0.1) is 0 Å². The molecule has 1 aliphatic rings. The van der Waals surface area contributed by atoms with Crippen molar-refractivity contribution in [2.75, 3.05) is 0 Å². The number of phenols is 1. The second kappa shape index (κ2) is 5.10.